The first-order valence-corrected chi connectivity index (χ1v) is 6.16. The van der Waals surface area contributed by atoms with E-state index < -0.39 is 0 Å². The van der Waals surface area contributed by atoms with Crippen molar-refractivity contribution in [2.45, 2.75) is 12.8 Å². The van der Waals surface area contributed by atoms with Crippen LogP contribution < -0.4 is 15.8 Å². The maximum absolute atomic E-state index is 11.7. The van der Waals surface area contributed by atoms with Gasteiger partial charge in [0.15, 0.2) is 0 Å². The van der Waals surface area contributed by atoms with Crippen LogP contribution in [0, 0.1) is 0 Å². The number of carbonyl (C=O) groups excluding carboxylic acids is 1. The monoisotopic (exact) mass is 312 g/mol. The molecule has 0 aliphatic carbocycles. The highest BCUT2D eigenvalue weighted by molar-refractivity contribution is 5.91. The molecule has 1 heterocycles. The molecule has 0 aliphatic heterocycles. The third kappa shape index (κ3) is 4.40. The summed E-state index contributed by atoms with van der Waals surface area (Å²) in [5, 5.41) is 13.8. The van der Waals surface area contributed by atoms with Crippen LogP contribution in [0.5, 0.6) is 5.75 Å². The van der Waals surface area contributed by atoms with Crippen molar-refractivity contribution in [2.24, 2.45) is 5.73 Å². The molecule has 0 unspecified atom stereocenters. The number of rotatable bonds is 6. The lowest BCUT2D eigenvalue weighted by Crippen LogP contribution is -2.13. The standard InChI is InChI=1S/C12H16N6O2.ClH/c1-20-11-5-4-9(15-12(19)3-2-6-13)7-10(11)18-8-14-16-17-18;/h4-5,7-8H,2-3,6,13H2,1H3,(H,15,19);1H. The minimum Gasteiger partial charge on any atom is -0.494 e. The van der Waals surface area contributed by atoms with Crippen LogP contribution in [0.2, 0.25) is 0 Å². The largest absolute Gasteiger partial charge is 0.494 e. The number of hydrogen-bond acceptors (Lipinski definition) is 6. The van der Waals surface area contributed by atoms with Crippen LogP contribution in [0.1, 0.15) is 12.8 Å². The molecule has 0 bridgehead atoms. The van der Waals surface area contributed by atoms with Crippen molar-refractivity contribution in [1.82, 2.24) is 20.2 Å². The van der Waals surface area contributed by atoms with Crippen LogP contribution in [0.4, 0.5) is 5.69 Å². The van der Waals surface area contributed by atoms with Crippen molar-refractivity contribution in [3.8, 4) is 11.4 Å². The van der Waals surface area contributed by atoms with E-state index in [0.29, 0.717) is 36.5 Å². The Morgan fingerprint density at radius 1 is 1.48 bits per heavy atom. The van der Waals surface area contributed by atoms with Crippen LogP contribution in [0.3, 0.4) is 0 Å². The molecule has 0 atom stereocenters. The molecule has 114 valence electrons. The van der Waals surface area contributed by atoms with E-state index >= 15 is 0 Å². The molecule has 1 aromatic carbocycles. The summed E-state index contributed by atoms with van der Waals surface area (Å²) in [4.78, 5) is 11.7. The van der Waals surface area contributed by atoms with Crippen molar-refractivity contribution in [3.63, 3.8) is 0 Å². The van der Waals surface area contributed by atoms with Crippen molar-refractivity contribution in [2.75, 3.05) is 19.0 Å². The fraction of sp³-hybridized carbons (Fsp3) is 0.333. The lowest BCUT2D eigenvalue weighted by molar-refractivity contribution is -0.116. The first-order valence-electron chi connectivity index (χ1n) is 6.16. The molecule has 1 amide bonds. The molecule has 0 fully saturated rings. The molecule has 0 saturated heterocycles. The van der Waals surface area contributed by atoms with Gasteiger partial charge in [-0.1, -0.05) is 0 Å². The Morgan fingerprint density at radius 2 is 2.29 bits per heavy atom. The first kappa shape index (κ1) is 16.9. The Hall–Kier alpha value is -2.19. The number of carbonyl (C=O) groups is 1. The lowest BCUT2D eigenvalue weighted by atomic mass is 10.2. The van der Waals surface area contributed by atoms with Gasteiger partial charge in [-0.2, -0.15) is 4.68 Å². The summed E-state index contributed by atoms with van der Waals surface area (Å²) in [6, 6.07) is 5.25. The van der Waals surface area contributed by atoms with Crippen LogP contribution in [-0.4, -0.2) is 39.8 Å². The van der Waals surface area contributed by atoms with Gasteiger partial charge in [-0.3, -0.25) is 4.79 Å². The smallest absolute Gasteiger partial charge is 0.224 e. The highest BCUT2D eigenvalue weighted by atomic mass is 35.5. The molecule has 2 rings (SSSR count). The zero-order chi connectivity index (χ0) is 14.4. The van der Waals surface area contributed by atoms with E-state index in [-0.39, 0.29) is 18.3 Å². The van der Waals surface area contributed by atoms with E-state index in [1.807, 2.05) is 0 Å². The zero-order valence-electron chi connectivity index (χ0n) is 11.5. The third-order valence-electron chi connectivity index (χ3n) is 2.67. The van der Waals surface area contributed by atoms with Gasteiger partial charge < -0.3 is 15.8 Å². The Balaban J connectivity index is 0.00000220. The van der Waals surface area contributed by atoms with Gasteiger partial charge in [0.2, 0.25) is 5.91 Å². The van der Waals surface area contributed by atoms with E-state index in [1.54, 1.807) is 25.3 Å². The summed E-state index contributed by atoms with van der Waals surface area (Å²) in [5.74, 6) is 0.528. The van der Waals surface area contributed by atoms with E-state index in [9.17, 15) is 4.79 Å². The Labute approximate surface area is 128 Å². The summed E-state index contributed by atoms with van der Waals surface area (Å²) < 4.78 is 6.72. The van der Waals surface area contributed by atoms with Gasteiger partial charge in [0.1, 0.15) is 17.8 Å². The van der Waals surface area contributed by atoms with E-state index in [0.717, 1.165) is 0 Å². The number of aromatic nitrogens is 4. The van der Waals surface area contributed by atoms with Gasteiger partial charge in [0.05, 0.1) is 7.11 Å². The molecule has 0 aliphatic rings. The molecule has 2 aromatic rings. The second-order valence-electron chi connectivity index (χ2n) is 4.08. The average Bonchev–Trinajstić information content (AvgIpc) is 2.99. The Morgan fingerprint density at radius 3 is 2.90 bits per heavy atom. The minimum atomic E-state index is -0.0803. The molecule has 0 saturated carbocycles. The molecule has 0 spiro atoms. The Bertz CT molecular complexity index is 575. The second kappa shape index (κ2) is 8.18. The fourth-order valence-corrected chi connectivity index (χ4v) is 1.70. The van der Waals surface area contributed by atoms with Gasteiger partial charge in [-0.15, -0.1) is 17.5 Å². The molecule has 0 radical (unpaired) electrons. The van der Waals surface area contributed by atoms with Crippen LogP contribution in [0.15, 0.2) is 24.5 Å². The number of methoxy groups -OCH3 is 1. The maximum atomic E-state index is 11.7. The minimum absolute atomic E-state index is 0. The number of nitrogens with one attached hydrogen (secondary N) is 1. The second-order valence-corrected chi connectivity index (χ2v) is 4.08. The SMILES string of the molecule is COc1ccc(NC(=O)CCCN)cc1-n1cnnn1.Cl. The maximum Gasteiger partial charge on any atom is 0.224 e. The number of benzene rings is 1. The number of anilines is 1. The molecule has 8 nitrogen and oxygen atoms in total. The quantitative estimate of drug-likeness (QED) is 0.815. The Kier molecular flexibility index (Phi) is 6.57. The zero-order valence-corrected chi connectivity index (χ0v) is 12.3. The van der Waals surface area contributed by atoms with Gasteiger partial charge in [-0.25, -0.2) is 0 Å². The van der Waals surface area contributed by atoms with Gasteiger partial charge >= 0.3 is 0 Å². The molecule has 21 heavy (non-hydrogen) atoms. The third-order valence-corrected chi connectivity index (χ3v) is 2.67. The van der Waals surface area contributed by atoms with E-state index in [2.05, 4.69) is 20.8 Å². The summed E-state index contributed by atoms with van der Waals surface area (Å²) in [6.07, 6.45) is 2.50. The topological polar surface area (TPSA) is 108 Å². The number of halogens is 1. The van der Waals surface area contributed by atoms with E-state index in [1.165, 1.54) is 11.0 Å². The van der Waals surface area contributed by atoms with Crippen LogP contribution >= 0.6 is 12.4 Å². The predicted octanol–water partition coefficient (Wildman–Crippen LogP) is 0.770. The average molecular weight is 313 g/mol. The normalized spacial score (nSPS) is 9.81. The lowest BCUT2D eigenvalue weighted by Gasteiger charge is -2.10. The number of nitrogens with zero attached hydrogens (tertiary/aromatic N) is 4. The number of amides is 1. The predicted molar refractivity (Wildman–Crippen MR) is 79.9 cm³/mol. The fourth-order valence-electron chi connectivity index (χ4n) is 1.70. The van der Waals surface area contributed by atoms with Gasteiger partial charge in [-0.05, 0) is 41.6 Å². The first-order chi connectivity index (χ1) is 9.74. The van der Waals surface area contributed by atoms with Crippen LogP contribution in [0.25, 0.3) is 5.69 Å². The van der Waals surface area contributed by atoms with E-state index in [4.69, 9.17) is 10.5 Å². The summed E-state index contributed by atoms with van der Waals surface area (Å²) in [6.45, 7) is 0.492. The number of ether oxygens (including phenoxy) is 1. The van der Waals surface area contributed by atoms with Crippen LogP contribution in [-0.2, 0) is 4.79 Å². The van der Waals surface area contributed by atoms with Crippen molar-refractivity contribution in [3.05, 3.63) is 24.5 Å². The van der Waals surface area contributed by atoms with Crippen molar-refractivity contribution in [1.29, 1.82) is 0 Å². The molecule has 1 aromatic heterocycles. The highest BCUT2D eigenvalue weighted by Crippen LogP contribution is 2.25. The number of nitrogens with two attached hydrogens (primary N) is 1. The van der Waals surface area contributed by atoms with Crippen molar-refractivity contribution >= 4 is 24.0 Å². The molecule has 3 N–H and O–H groups in total. The number of tetrazole rings is 1. The van der Waals surface area contributed by atoms with Gasteiger partial charge in [0, 0.05) is 12.1 Å². The molecular formula is C12H17ClN6O2. The van der Waals surface area contributed by atoms with Crippen molar-refractivity contribution < 1.29 is 9.53 Å². The highest BCUT2D eigenvalue weighted by Gasteiger charge is 2.09. The number of hydrogen-bond donors (Lipinski definition) is 2. The summed E-state index contributed by atoms with van der Waals surface area (Å²) in [7, 11) is 1.56. The molecule has 9 heteroatoms. The summed E-state index contributed by atoms with van der Waals surface area (Å²) in [5.41, 5.74) is 6.67. The summed E-state index contributed by atoms with van der Waals surface area (Å²) >= 11 is 0. The molecular weight excluding hydrogens is 296 g/mol. The van der Waals surface area contributed by atoms with Gasteiger partial charge in [0.25, 0.3) is 0 Å².